The van der Waals surface area contributed by atoms with E-state index in [1.54, 1.807) is 30.6 Å². The molecule has 2 aliphatic heterocycles. The Hall–Kier alpha value is -4.31. The first-order chi connectivity index (χ1) is 24.4. The first kappa shape index (κ1) is 40.5. The molecule has 0 saturated carbocycles. The summed E-state index contributed by atoms with van der Waals surface area (Å²) in [5, 5.41) is 8.11. The molecule has 2 saturated heterocycles. The maximum atomic E-state index is 14.0. The summed E-state index contributed by atoms with van der Waals surface area (Å²) in [4.78, 5) is 48.1. The molecule has 0 unspecified atom stereocenters. The summed E-state index contributed by atoms with van der Waals surface area (Å²) in [6, 6.07) is 5.37. The second-order valence-corrected chi connectivity index (χ2v) is 14.1. The second-order valence-electron chi connectivity index (χ2n) is 14.1. The Kier molecular flexibility index (Phi) is 13.6. The first-order valence-electron chi connectivity index (χ1n) is 17.5. The predicted octanol–water partition coefficient (Wildman–Crippen LogP) is 5.87. The number of amides is 3. The SMILES string of the molecule is CC(C)(C)OC(=O)NCCNC(=O)CCCC1CCN(c2cc(N3CCC[C@H]3C(=O)NCCc3ccc(C(F)(F)F)cc3)nc(C(F)(F)F)n2)CC1. The summed E-state index contributed by atoms with van der Waals surface area (Å²) in [5.41, 5.74) is -0.781. The van der Waals surface area contributed by atoms with Crippen molar-refractivity contribution < 1.29 is 45.5 Å². The van der Waals surface area contributed by atoms with Crippen LogP contribution in [0.25, 0.3) is 0 Å². The van der Waals surface area contributed by atoms with Gasteiger partial charge in [0.1, 0.15) is 23.3 Å². The average Bonchev–Trinajstić information content (AvgIpc) is 3.56. The highest BCUT2D eigenvalue weighted by molar-refractivity contribution is 5.85. The normalized spacial score (nSPS) is 17.2. The number of halogens is 6. The zero-order chi connectivity index (χ0) is 38.1. The molecule has 1 aromatic carbocycles. The van der Waals surface area contributed by atoms with Crippen LogP contribution in [0, 0.1) is 5.92 Å². The fourth-order valence-corrected chi connectivity index (χ4v) is 6.25. The highest BCUT2D eigenvalue weighted by Crippen LogP contribution is 2.34. The average molecular weight is 744 g/mol. The number of aromatic nitrogens is 2. The summed E-state index contributed by atoms with van der Waals surface area (Å²) in [7, 11) is 0. The molecule has 4 rings (SSSR count). The van der Waals surface area contributed by atoms with Crippen molar-refractivity contribution in [3.8, 4) is 0 Å². The second kappa shape index (κ2) is 17.5. The molecular weight excluding hydrogens is 696 g/mol. The van der Waals surface area contributed by atoms with Crippen LogP contribution in [0.15, 0.2) is 30.3 Å². The van der Waals surface area contributed by atoms with E-state index in [2.05, 4.69) is 25.9 Å². The van der Waals surface area contributed by atoms with E-state index in [9.17, 15) is 40.7 Å². The Bertz CT molecular complexity index is 1510. The summed E-state index contributed by atoms with van der Waals surface area (Å²) in [6.07, 6.45) is -5.42. The Morgan fingerprint density at radius 1 is 0.827 bits per heavy atom. The van der Waals surface area contributed by atoms with Gasteiger partial charge in [-0.3, -0.25) is 9.59 Å². The van der Waals surface area contributed by atoms with E-state index >= 15 is 0 Å². The zero-order valence-corrected chi connectivity index (χ0v) is 29.6. The molecule has 288 valence electrons. The molecule has 3 heterocycles. The number of hydrogen-bond donors (Lipinski definition) is 3. The van der Waals surface area contributed by atoms with Crippen molar-refractivity contribution in [3.05, 3.63) is 47.3 Å². The van der Waals surface area contributed by atoms with Gasteiger partial charge in [0, 0.05) is 51.8 Å². The van der Waals surface area contributed by atoms with Crippen LogP contribution >= 0.6 is 0 Å². The third-order valence-electron chi connectivity index (χ3n) is 8.87. The van der Waals surface area contributed by atoms with E-state index in [0.29, 0.717) is 63.7 Å². The molecule has 1 aromatic heterocycles. The van der Waals surface area contributed by atoms with Crippen LogP contribution in [0.2, 0.25) is 0 Å². The van der Waals surface area contributed by atoms with E-state index in [4.69, 9.17) is 4.74 Å². The fraction of sp³-hybridized carbons (Fsp3) is 0.629. The lowest BCUT2D eigenvalue weighted by Crippen LogP contribution is -2.44. The molecule has 2 aromatic rings. The number of rotatable bonds is 13. The molecule has 17 heteroatoms. The fourth-order valence-electron chi connectivity index (χ4n) is 6.25. The Labute approximate surface area is 299 Å². The number of ether oxygens (including phenoxy) is 1. The minimum atomic E-state index is -4.81. The van der Waals surface area contributed by atoms with Crippen LogP contribution in [-0.4, -0.2) is 78.8 Å². The number of piperidine rings is 1. The van der Waals surface area contributed by atoms with Crippen LogP contribution < -0.4 is 25.8 Å². The van der Waals surface area contributed by atoms with Crippen LogP contribution in [0.4, 0.5) is 42.8 Å². The van der Waals surface area contributed by atoms with Crippen molar-refractivity contribution in [3.63, 3.8) is 0 Å². The minimum absolute atomic E-state index is 0.00662. The number of hydrogen-bond acceptors (Lipinski definition) is 8. The molecule has 52 heavy (non-hydrogen) atoms. The van der Waals surface area contributed by atoms with E-state index in [-0.39, 0.29) is 49.5 Å². The van der Waals surface area contributed by atoms with E-state index in [1.165, 1.54) is 18.2 Å². The molecule has 3 amide bonds. The third kappa shape index (κ3) is 12.4. The molecule has 0 bridgehead atoms. The van der Waals surface area contributed by atoms with Gasteiger partial charge < -0.3 is 30.5 Å². The maximum absolute atomic E-state index is 14.0. The zero-order valence-electron chi connectivity index (χ0n) is 29.6. The molecule has 0 spiro atoms. The number of carbonyl (C=O) groups excluding carboxylic acids is 3. The number of alkyl halides is 6. The van der Waals surface area contributed by atoms with Crippen molar-refractivity contribution in [2.24, 2.45) is 5.92 Å². The van der Waals surface area contributed by atoms with Gasteiger partial charge in [-0.05, 0) is 89.3 Å². The smallest absolute Gasteiger partial charge is 0.444 e. The molecule has 1 atom stereocenters. The van der Waals surface area contributed by atoms with Crippen molar-refractivity contribution >= 4 is 29.5 Å². The Morgan fingerprint density at radius 3 is 2.12 bits per heavy atom. The van der Waals surface area contributed by atoms with E-state index in [1.807, 2.05) is 0 Å². The number of nitrogens with zero attached hydrogens (tertiary/aromatic N) is 4. The number of carbonyl (C=O) groups is 3. The van der Waals surface area contributed by atoms with Crippen molar-refractivity contribution in [1.82, 2.24) is 25.9 Å². The van der Waals surface area contributed by atoms with E-state index in [0.717, 1.165) is 18.6 Å². The number of alkyl carbamates (subject to hydrolysis) is 1. The molecule has 0 aliphatic carbocycles. The van der Waals surface area contributed by atoms with Gasteiger partial charge in [0.05, 0.1) is 5.56 Å². The Morgan fingerprint density at radius 2 is 1.48 bits per heavy atom. The monoisotopic (exact) mass is 743 g/mol. The maximum Gasteiger partial charge on any atom is 0.451 e. The van der Waals surface area contributed by atoms with Gasteiger partial charge in [-0.2, -0.15) is 26.3 Å². The van der Waals surface area contributed by atoms with Gasteiger partial charge in [-0.1, -0.05) is 12.1 Å². The molecule has 2 aliphatic rings. The third-order valence-corrected chi connectivity index (χ3v) is 8.87. The molecule has 0 radical (unpaired) electrons. The lowest BCUT2D eigenvalue weighted by atomic mass is 9.91. The van der Waals surface area contributed by atoms with Crippen molar-refractivity contribution in [1.29, 1.82) is 0 Å². The van der Waals surface area contributed by atoms with Gasteiger partial charge in [-0.15, -0.1) is 0 Å². The van der Waals surface area contributed by atoms with Crippen molar-refractivity contribution in [2.75, 3.05) is 49.1 Å². The van der Waals surface area contributed by atoms with Crippen molar-refractivity contribution in [2.45, 2.75) is 96.1 Å². The van der Waals surface area contributed by atoms with Crippen LogP contribution in [0.5, 0.6) is 0 Å². The van der Waals surface area contributed by atoms with Crippen LogP contribution in [0.3, 0.4) is 0 Å². The quantitative estimate of drug-likeness (QED) is 0.172. The van der Waals surface area contributed by atoms with Crippen LogP contribution in [0.1, 0.15) is 82.7 Å². The number of anilines is 2. The minimum Gasteiger partial charge on any atom is -0.444 e. The first-order valence-corrected chi connectivity index (χ1v) is 17.5. The van der Waals surface area contributed by atoms with Crippen LogP contribution in [-0.2, 0) is 33.1 Å². The van der Waals surface area contributed by atoms with Gasteiger partial charge >= 0.3 is 18.4 Å². The molecule has 11 nitrogen and oxygen atoms in total. The highest BCUT2D eigenvalue weighted by Gasteiger charge is 2.39. The molecule has 2 fully saturated rings. The topological polar surface area (TPSA) is 129 Å². The number of benzene rings is 1. The van der Waals surface area contributed by atoms with Gasteiger partial charge in [0.25, 0.3) is 0 Å². The summed E-state index contributed by atoms with van der Waals surface area (Å²) in [6.45, 7) is 7.17. The summed E-state index contributed by atoms with van der Waals surface area (Å²) in [5.74, 6) is -1.40. The standard InChI is InChI=1S/C35H47F6N7O4/c1-33(2,3)52-32(51)44-18-17-42-29(49)8-4-6-23-14-20-47(21-15-23)27-22-28(46-31(45-27)35(39,40)41)48-19-5-7-26(48)30(50)43-16-13-24-9-11-25(12-10-24)34(36,37)38/h9-12,22-23,26H,4-8,13-21H2,1-3H3,(H,42,49)(H,43,50)(H,44,51)/t26-/m0/s1. The van der Waals surface area contributed by atoms with Gasteiger partial charge in [-0.25, -0.2) is 14.8 Å². The van der Waals surface area contributed by atoms with E-state index < -0.39 is 47.4 Å². The Balaban J connectivity index is 1.26. The molecular formula is C35H47F6N7O4. The molecule has 3 N–H and O–H groups in total. The number of nitrogens with one attached hydrogen (secondary N) is 3. The predicted molar refractivity (Wildman–Crippen MR) is 182 cm³/mol. The van der Waals surface area contributed by atoms with Gasteiger partial charge in [0.15, 0.2) is 0 Å². The lowest BCUT2D eigenvalue weighted by Gasteiger charge is -2.34. The summed E-state index contributed by atoms with van der Waals surface area (Å²) < 4.78 is 85.6. The summed E-state index contributed by atoms with van der Waals surface area (Å²) >= 11 is 0. The van der Waals surface area contributed by atoms with Gasteiger partial charge in [0.2, 0.25) is 17.6 Å². The largest absolute Gasteiger partial charge is 0.451 e. The highest BCUT2D eigenvalue weighted by atomic mass is 19.4. The lowest BCUT2D eigenvalue weighted by molar-refractivity contribution is -0.144.